The maximum Gasteiger partial charge on any atom is 0.235 e. The SMILES string of the molecule is COCCOc1cc(NC(=O)C2(c3cccc(F)c3)CCC2)ccc1OC. The monoisotopic (exact) mass is 373 g/mol. The van der Waals surface area contributed by atoms with Gasteiger partial charge in [0.05, 0.1) is 19.1 Å². The maximum absolute atomic E-state index is 13.7. The van der Waals surface area contributed by atoms with E-state index in [4.69, 9.17) is 14.2 Å². The third kappa shape index (κ3) is 4.06. The van der Waals surface area contributed by atoms with Crippen LogP contribution in [-0.4, -0.2) is 33.3 Å². The first-order valence-corrected chi connectivity index (χ1v) is 8.96. The van der Waals surface area contributed by atoms with Crippen molar-refractivity contribution >= 4 is 11.6 Å². The summed E-state index contributed by atoms with van der Waals surface area (Å²) in [5, 5.41) is 2.96. The smallest absolute Gasteiger partial charge is 0.235 e. The van der Waals surface area contributed by atoms with Crippen LogP contribution >= 0.6 is 0 Å². The van der Waals surface area contributed by atoms with Crippen LogP contribution < -0.4 is 14.8 Å². The minimum atomic E-state index is -0.681. The number of carbonyl (C=O) groups is 1. The van der Waals surface area contributed by atoms with Crippen molar-refractivity contribution in [1.29, 1.82) is 0 Å². The third-order valence-electron chi connectivity index (χ3n) is 4.99. The number of anilines is 1. The average molecular weight is 373 g/mol. The van der Waals surface area contributed by atoms with Gasteiger partial charge in [0.25, 0.3) is 0 Å². The Morgan fingerprint density at radius 1 is 1.11 bits per heavy atom. The van der Waals surface area contributed by atoms with E-state index in [2.05, 4.69) is 5.32 Å². The van der Waals surface area contributed by atoms with Crippen molar-refractivity contribution in [1.82, 2.24) is 0 Å². The first-order chi connectivity index (χ1) is 13.1. The predicted molar refractivity (Wildman–Crippen MR) is 101 cm³/mol. The van der Waals surface area contributed by atoms with Crippen LogP contribution in [0.1, 0.15) is 24.8 Å². The van der Waals surface area contributed by atoms with Crippen LogP contribution in [0.25, 0.3) is 0 Å². The molecule has 0 atom stereocenters. The molecule has 1 N–H and O–H groups in total. The van der Waals surface area contributed by atoms with Crippen molar-refractivity contribution in [2.75, 3.05) is 32.8 Å². The summed E-state index contributed by atoms with van der Waals surface area (Å²) in [5.74, 6) is 0.644. The molecule has 0 saturated heterocycles. The lowest BCUT2D eigenvalue weighted by Gasteiger charge is -2.40. The van der Waals surface area contributed by atoms with Gasteiger partial charge in [-0.3, -0.25) is 4.79 Å². The summed E-state index contributed by atoms with van der Waals surface area (Å²) in [5.41, 5.74) is 0.645. The van der Waals surface area contributed by atoms with E-state index in [0.717, 1.165) is 12.0 Å². The molecule has 5 nitrogen and oxygen atoms in total. The molecule has 0 aliphatic heterocycles. The summed E-state index contributed by atoms with van der Waals surface area (Å²) in [4.78, 5) is 13.0. The van der Waals surface area contributed by atoms with E-state index >= 15 is 0 Å². The summed E-state index contributed by atoms with van der Waals surface area (Å²) in [6.45, 7) is 0.819. The number of ether oxygens (including phenoxy) is 3. The van der Waals surface area contributed by atoms with Crippen molar-refractivity contribution in [3.63, 3.8) is 0 Å². The highest BCUT2D eigenvalue weighted by Gasteiger charge is 2.45. The van der Waals surface area contributed by atoms with Gasteiger partial charge in [0.1, 0.15) is 12.4 Å². The highest BCUT2D eigenvalue weighted by Crippen LogP contribution is 2.45. The fourth-order valence-corrected chi connectivity index (χ4v) is 3.32. The molecular weight excluding hydrogens is 349 g/mol. The lowest BCUT2D eigenvalue weighted by molar-refractivity contribution is -0.124. The molecule has 144 valence electrons. The summed E-state index contributed by atoms with van der Waals surface area (Å²) < 4.78 is 29.6. The Hall–Kier alpha value is -2.60. The molecule has 27 heavy (non-hydrogen) atoms. The van der Waals surface area contributed by atoms with E-state index < -0.39 is 5.41 Å². The molecule has 0 radical (unpaired) electrons. The number of hydrogen-bond donors (Lipinski definition) is 1. The second-order valence-electron chi connectivity index (χ2n) is 6.61. The van der Waals surface area contributed by atoms with Crippen molar-refractivity contribution < 1.29 is 23.4 Å². The average Bonchev–Trinajstić information content (AvgIpc) is 2.61. The molecule has 0 heterocycles. The highest BCUT2D eigenvalue weighted by molar-refractivity contribution is 6.00. The van der Waals surface area contributed by atoms with E-state index in [1.807, 2.05) is 6.07 Å². The normalized spacial score (nSPS) is 14.9. The van der Waals surface area contributed by atoms with Crippen molar-refractivity contribution in [2.45, 2.75) is 24.7 Å². The van der Waals surface area contributed by atoms with Gasteiger partial charge in [0.2, 0.25) is 5.91 Å². The van der Waals surface area contributed by atoms with Gasteiger partial charge in [-0.1, -0.05) is 18.6 Å². The van der Waals surface area contributed by atoms with Gasteiger partial charge in [-0.25, -0.2) is 4.39 Å². The van der Waals surface area contributed by atoms with Crippen LogP contribution in [0.5, 0.6) is 11.5 Å². The predicted octanol–water partition coefficient (Wildman–Crippen LogP) is 3.92. The van der Waals surface area contributed by atoms with Crippen molar-refractivity contribution in [2.24, 2.45) is 0 Å². The van der Waals surface area contributed by atoms with Crippen molar-refractivity contribution in [3.05, 3.63) is 53.8 Å². The summed E-state index contributed by atoms with van der Waals surface area (Å²) in [6.07, 6.45) is 2.35. The maximum atomic E-state index is 13.7. The zero-order valence-corrected chi connectivity index (χ0v) is 15.6. The minimum Gasteiger partial charge on any atom is -0.493 e. The highest BCUT2D eigenvalue weighted by atomic mass is 19.1. The van der Waals surface area contributed by atoms with E-state index in [-0.39, 0.29) is 11.7 Å². The second kappa shape index (κ2) is 8.39. The standard InChI is InChI=1S/C21H24FNO4/c1-25-11-12-27-19-14-17(7-8-18(19)26-2)23-20(24)21(9-4-10-21)15-5-3-6-16(22)13-15/h3,5-8,13-14H,4,9-12H2,1-2H3,(H,23,24). The zero-order valence-electron chi connectivity index (χ0n) is 15.6. The number of rotatable bonds is 8. The van der Waals surface area contributed by atoms with Gasteiger partial charge in [0.15, 0.2) is 11.5 Å². The van der Waals surface area contributed by atoms with Gasteiger partial charge in [0, 0.05) is 18.9 Å². The molecule has 3 rings (SSSR count). The molecule has 1 aliphatic carbocycles. The number of methoxy groups -OCH3 is 2. The first-order valence-electron chi connectivity index (χ1n) is 8.96. The minimum absolute atomic E-state index is 0.132. The molecule has 6 heteroatoms. The van der Waals surface area contributed by atoms with Crippen LogP contribution in [0.15, 0.2) is 42.5 Å². The van der Waals surface area contributed by atoms with Gasteiger partial charge >= 0.3 is 0 Å². The lowest BCUT2D eigenvalue weighted by Crippen LogP contribution is -2.46. The van der Waals surface area contributed by atoms with Gasteiger partial charge < -0.3 is 19.5 Å². The van der Waals surface area contributed by atoms with E-state index in [9.17, 15) is 9.18 Å². The number of carbonyl (C=O) groups excluding carboxylic acids is 1. The summed E-state index contributed by atoms with van der Waals surface area (Å²) in [7, 11) is 3.16. The number of amides is 1. The Morgan fingerprint density at radius 2 is 1.93 bits per heavy atom. The van der Waals surface area contributed by atoms with Gasteiger partial charge in [-0.05, 0) is 42.7 Å². The Bertz CT molecular complexity index is 805. The molecule has 1 saturated carbocycles. The fraction of sp³-hybridized carbons (Fsp3) is 0.381. The van der Waals surface area contributed by atoms with E-state index in [1.54, 1.807) is 38.5 Å². The zero-order chi connectivity index (χ0) is 19.3. The molecule has 0 aromatic heterocycles. The molecule has 0 bridgehead atoms. The molecule has 1 amide bonds. The van der Waals surface area contributed by atoms with E-state index in [1.165, 1.54) is 12.1 Å². The Morgan fingerprint density at radius 3 is 2.56 bits per heavy atom. The van der Waals surface area contributed by atoms with Crippen LogP contribution in [0, 0.1) is 5.82 Å². The fourth-order valence-electron chi connectivity index (χ4n) is 3.32. The molecule has 0 unspecified atom stereocenters. The lowest BCUT2D eigenvalue weighted by atomic mass is 9.63. The third-order valence-corrected chi connectivity index (χ3v) is 4.99. The van der Waals surface area contributed by atoms with Gasteiger partial charge in [-0.15, -0.1) is 0 Å². The summed E-state index contributed by atoms with van der Waals surface area (Å²) in [6, 6.07) is 11.5. The Kier molecular flexibility index (Phi) is 5.96. The number of nitrogens with one attached hydrogen (secondary N) is 1. The van der Waals surface area contributed by atoms with Crippen LogP contribution in [0.4, 0.5) is 10.1 Å². The van der Waals surface area contributed by atoms with Crippen LogP contribution in [0.2, 0.25) is 0 Å². The Labute approximate surface area is 158 Å². The van der Waals surface area contributed by atoms with Gasteiger partial charge in [-0.2, -0.15) is 0 Å². The number of halogens is 1. The summed E-state index contributed by atoms with van der Waals surface area (Å²) >= 11 is 0. The Balaban J connectivity index is 1.79. The molecule has 1 aliphatic rings. The largest absolute Gasteiger partial charge is 0.493 e. The van der Waals surface area contributed by atoms with Crippen LogP contribution in [0.3, 0.4) is 0 Å². The number of hydrogen-bond acceptors (Lipinski definition) is 4. The molecule has 1 fully saturated rings. The first kappa shape index (κ1) is 19.2. The van der Waals surface area contributed by atoms with E-state index in [0.29, 0.717) is 43.2 Å². The molecular formula is C21H24FNO4. The second-order valence-corrected chi connectivity index (χ2v) is 6.61. The molecule has 2 aromatic rings. The molecule has 0 spiro atoms. The molecule has 2 aromatic carbocycles. The van der Waals surface area contributed by atoms with Crippen LogP contribution in [-0.2, 0) is 14.9 Å². The number of benzene rings is 2. The topological polar surface area (TPSA) is 56.8 Å². The quantitative estimate of drug-likeness (QED) is 0.713. The van der Waals surface area contributed by atoms with Crippen molar-refractivity contribution in [3.8, 4) is 11.5 Å².